The van der Waals surface area contributed by atoms with Crippen molar-refractivity contribution in [3.05, 3.63) is 72.6 Å². The van der Waals surface area contributed by atoms with Crippen LogP contribution >= 0.6 is 0 Å². The van der Waals surface area contributed by atoms with Gasteiger partial charge in [-0.15, -0.1) is 0 Å². The highest BCUT2D eigenvalue weighted by molar-refractivity contribution is 7.89. The van der Waals surface area contributed by atoms with Crippen LogP contribution < -0.4 is 10.1 Å². The lowest BCUT2D eigenvalue weighted by Gasteiger charge is -2.35. The number of benzene rings is 2. The molecule has 1 N–H and O–H groups in total. The molecule has 174 valence electrons. The van der Waals surface area contributed by atoms with Crippen LogP contribution in [0.4, 0.5) is 0 Å². The van der Waals surface area contributed by atoms with E-state index in [4.69, 9.17) is 4.74 Å². The van der Waals surface area contributed by atoms with Crippen LogP contribution in [0, 0.1) is 6.92 Å². The van der Waals surface area contributed by atoms with E-state index in [1.807, 2.05) is 37.3 Å². The van der Waals surface area contributed by atoms with Gasteiger partial charge in [-0.1, -0.05) is 35.9 Å². The van der Waals surface area contributed by atoms with Gasteiger partial charge < -0.3 is 15.0 Å². The summed E-state index contributed by atoms with van der Waals surface area (Å²) in [6, 6.07) is 14.8. The third-order valence-corrected chi connectivity index (χ3v) is 7.66. The summed E-state index contributed by atoms with van der Waals surface area (Å²) in [5, 5.41) is 2.52. The first-order chi connectivity index (χ1) is 15.8. The standard InChI is InChI=1S/C24H27N3O5S/c1-18-7-9-21(10-8-18)33(30,31)27-16-13-25-24(29)22(27)17-23(28)26-14-11-20(12-15-26)32-19-5-3-2-4-6-19/h2-10,13,16,20,22H,11-12,14-15,17H2,1H3,(H,25,29)/t22-/m1/s1. The number of nitrogens with zero attached hydrogens (tertiary/aromatic N) is 2. The van der Waals surface area contributed by atoms with Gasteiger partial charge in [-0.2, -0.15) is 0 Å². The summed E-state index contributed by atoms with van der Waals surface area (Å²) in [6.45, 7) is 2.84. The Morgan fingerprint density at radius 2 is 1.73 bits per heavy atom. The van der Waals surface area contributed by atoms with Gasteiger partial charge in [0, 0.05) is 38.3 Å². The summed E-state index contributed by atoms with van der Waals surface area (Å²) in [5.74, 6) is 0.0152. The molecule has 0 spiro atoms. The predicted molar refractivity (Wildman–Crippen MR) is 123 cm³/mol. The van der Waals surface area contributed by atoms with Crippen molar-refractivity contribution >= 4 is 21.8 Å². The second kappa shape index (κ2) is 9.66. The van der Waals surface area contributed by atoms with Crippen LogP contribution in [0.5, 0.6) is 5.75 Å². The number of sulfonamides is 1. The van der Waals surface area contributed by atoms with E-state index in [9.17, 15) is 18.0 Å². The number of carbonyl (C=O) groups excluding carboxylic acids is 2. The molecule has 0 unspecified atom stereocenters. The van der Waals surface area contributed by atoms with Gasteiger partial charge in [0.05, 0.1) is 11.3 Å². The lowest BCUT2D eigenvalue weighted by atomic mass is 10.1. The Bertz CT molecular complexity index is 1120. The van der Waals surface area contributed by atoms with Crippen molar-refractivity contribution in [1.82, 2.24) is 14.5 Å². The zero-order valence-electron chi connectivity index (χ0n) is 18.4. The van der Waals surface area contributed by atoms with Gasteiger partial charge in [-0.05, 0) is 31.2 Å². The molecule has 0 bridgehead atoms. The minimum absolute atomic E-state index is 0.00998. The minimum atomic E-state index is -3.99. The van der Waals surface area contributed by atoms with Crippen molar-refractivity contribution in [2.45, 2.75) is 43.2 Å². The van der Waals surface area contributed by atoms with Gasteiger partial charge in [-0.3, -0.25) is 13.9 Å². The molecule has 2 aromatic carbocycles. The van der Waals surface area contributed by atoms with E-state index in [0.717, 1.165) is 15.6 Å². The van der Waals surface area contributed by atoms with E-state index in [-0.39, 0.29) is 23.3 Å². The molecule has 4 rings (SSSR count). The topological polar surface area (TPSA) is 96.0 Å². The quantitative estimate of drug-likeness (QED) is 0.701. The van der Waals surface area contributed by atoms with Gasteiger partial charge in [0.1, 0.15) is 17.9 Å². The van der Waals surface area contributed by atoms with Crippen LogP contribution in [0.1, 0.15) is 24.8 Å². The lowest BCUT2D eigenvalue weighted by Crippen LogP contribution is -2.52. The molecule has 1 atom stereocenters. The lowest BCUT2D eigenvalue weighted by molar-refractivity contribution is -0.137. The van der Waals surface area contributed by atoms with Crippen LogP contribution in [0.15, 0.2) is 71.9 Å². The van der Waals surface area contributed by atoms with E-state index < -0.39 is 22.0 Å². The summed E-state index contributed by atoms with van der Waals surface area (Å²) < 4.78 is 33.3. The molecule has 2 amide bonds. The van der Waals surface area contributed by atoms with Gasteiger partial charge in [0.2, 0.25) is 11.8 Å². The fraction of sp³-hybridized carbons (Fsp3) is 0.333. The van der Waals surface area contributed by atoms with Crippen molar-refractivity contribution < 1.29 is 22.7 Å². The molecule has 0 saturated carbocycles. The third kappa shape index (κ3) is 5.19. The number of piperidine rings is 1. The Hall–Kier alpha value is -3.33. The molecular formula is C24H27N3O5S. The van der Waals surface area contributed by atoms with Crippen molar-refractivity contribution in [2.24, 2.45) is 0 Å². The molecule has 9 heteroatoms. The molecule has 2 aromatic rings. The summed E-state index contributed by atoms with van der Waals surface area (Å²) in [5.41, 5.74) is 0.923. The number of likely N-dealkylation sites (tertiary alicyclic amines) is 1. The molecule has 0 aromatic heterocycles. The number of carbonyl (C=O) groups is 2. The zero-order chi connectivity index (χ0) is 23.4. The largest absolute Gasteiger partial charge is 0.490 e. The second-order valence-electron chi connectivity index (χ2n) is 8.20. The van der Waals surface area contributed by atoms with Crippen molar-refractivity contribution in [3.8, 4) is 5.75 Å². The van der Waals surface area contributed by atoms with E-state index >= 15 is 0 Å². The van der Waals surface area contributed by atoms with E-state index in [1.165, 1.54) is 24.5 Å². The average Bonchev–Trinajstić information content (AvgIpc) is 2.81. The summed E-state index contributed by atoms with van der Waals surface area (Å²) in [7, 11) is -3.99. The third-order valence-electron chi connectivity index (χ3n) is 5.86. The summed E-state index contributed by atoms with van der Waals surface area (Å²) in [6.07, 6.45) is 3.70. The molecule has 2 heterocycles. The highest BCUT2D eigenvalue weighted by Gasteiger charge is 2.38. The van der Waals surface area contributed by atoms with Crippen LogP contribution in [-0.4, -0.2) is 54.7 Å². The van der Waals surface area contributed by atoms with Crippen LogP contribution in [-0.2, 0) is 19.6 Å². The van der Waals surface area contributed by atoms with E-state index in [2.05, 4.69) is 5.32 Å². The molecule has 8 nitrogen and oxygen atoms in total. The molecule has 2 aliphatic rings. The monoisotopic (exact) mass is 469 g/mol. The first-order valence-corrected chi connectivity index (χ1v) is 12.4. The number of nitrogens with one attached hydrogen (secondary N) is 1. The molecule has 1 saturated heterocycles. The normalized spacial score (nSPS) is 19.3. The smallest absolute Gasteiger partial charge is 0.264 e. The first kappa shape index (κ1) is 22.8. The summed E-state index contributed by atoms with van der Waals surface area (Å²) >= 11 is 0. The van der Waals surface area contributed by atoms with Crippen LogP contribution in [0.25, 0.3) is 0 Å². The number of amides is 2. The van der Waals surface area contributed by atoms with Gasteiger partial charge in [0.25, 0.3) is 10.0 Å². The van der Waals surface area contributed by atoms with Crippen LogP contribution in [0.2, 0.25) is 0 Å². The molecular weight excluding hydrogens is 442 g/mol. The second-order valence-corrected chi connectivity index (χ2v) is 10.0. The Morgan fingerprint density at radius 1 is 1.06 bits per heavy atom. The van der Waals surface area contributed by atoms with Crippen LogP contribution in [0.3, 0.4) is 0 Å². The van der Waals surface area contributed by atoms with Gasteiger partial charge in [0.15, 0.2) is 0 Å². The number of para-hydroxylation sites is 1. The molecule has 0 radical (unpaired) electrons. The Balaban J connectivity index is 1.41. The van der Waals surface area contributed by atoms with Gasteiger partial charge >= 0.3 is 0 Å². The molecule has 1 fully saturated rings. The number of aryl methyl sites for hydroxylation is 1. The average molecular weight is 470 g/mol. The molecule has 33 heavy (non-hydrogen) atoms. The maximum Gasteiger partial charge on any atom is 0.264 e. The number of ether oxygens (including phenoxy) is 1. The minimum Gasteiger partial charge on any atom is -0.490 e. The molecule has 0 aliphatic carbocycles. The Kier molecular flexibility index (Phi) is 6.69. The zero-order valence-corrected chi connectivity index (χ0v) is 19.2. The highest BCUT2D eigenvalue weighted by Crippen LogP contribution is 2.24. The number of hydrogen-bond acceptors (Lipinski definition) is 5. The molecule has 2 aliphatic heterocycles. The fourth-order valence-electron chi connectivity index (χ4n) is 3.98. The first-order valence-electron chi connectivity index (χ1n) is 10.9. The van der Waals surface area contributed by atoms with Crippen molar-refractivity contribution in [2.75, 3.05) is 13.1 Å². The highest BCUT2D eigenvalue weighted by atomic mass is 32.2. The van der Waals surface area contributed by atoms with Crippen molar-refractivity contribution in [3.63, 3.8) is 0 Å². The Labute approximate surface area is 193 Å². The van der Waals surface area contributed by atoms with Crippen molar-refractivity contribution in [1.29, 1.82) is 0 Å². The number of rotatable bonds is 6. The predicted octanol–water partition coefficient (Wildman–Crippen LogP) is 2.42. The number of hydrogen-bond donors (Lipinski definition) is 1. The SMILES string of the molecule is Cc1ccc(S(=O)(=O)N2C=CNC(=O)[C@H]2CC(=O)N2CCC(Oc3ccccc3)CC2)cc1. The Morgan fingerprint density at radius 3 is 2.39 bits per heavy atom. The fourth-order valence-corrected chi connectivity index (χ4v) is 5.43. The van der Waals surface area contributed by atoms with Gasteiger partial charge in [-0.25, -0.2) is 8.42 Å². The summed E-state index contributed by atoms with van der Waals surface area (Å²) in [4.78, 5) is 27.3. The maximum absolute atomic E-state index is 13.2. The van der Waals surface area contributed by atoms with E-state index in [0.29, 0.717) is 25.9 Å². The van der Waals surface area contributed by atoms with E-state index in [1.54, 1.807) is 17.0 Å². The maximum atomic E-state index is 13.2.